The summed E-state index contributed by atoms with van der Waals surface area (Å²) in [6.45, 7) is 2.58. The number of halogens is 1. The van der Waals surface area contributed by atoms with Gasteiger partial charge in [0.1, 0.15) is 0 Å². The summed E-state index contributed by atoms with van der Waals surface area (Å²) in [6.07, 6.45) is 1.18. The molecule has 1 aromatic heterocycles. The summed E-state index contributed by atoms with van der Waals surface area (Å²) in [7, 11) is 1.70. The second kappa shape index (κ2) is 5.44. The molecule has 1 N–H and O–H groups in total. The summed E-state index contributed by atoms with van der Waals surface area (Å²) in [5.41, 5.74) is 0.902. The maximum Gasteiger partial charge on any atom is 0.224 e. The van der Waals surface area contributed by atoms with Gasteiger partial charge in [0.2, 0.25) is 5.95 Å². The monoisotopic (exact) mass is 246 g/mol. The molecule has 2 aromatic rings. The Morgan fingerprint density at radius 2 is 2.00 bits per heavy atom. The normalized spacial score (nSPS) is 10.2. The third kappa shape index (κ3) is 2.40. The fourth-order valence-corrected chi connectivity index (χ4v) is 1.73. The quantitative estimate of drug-likeness (QED) is 0.900. The van der Waals surface area contributed by atoms with E-state index >= 15 is 0 Å². The molecule has 2 rings (SSSR count). The number of hydrogen-bond acceptors (Lipinski definition) is 4. The van der Waals surface area contributed by atoms with E-state index in [9.17, 15) is 4.39 Å². The van der Waals surface area contributed by atoms with Gasteiger partial charge < -0.3 is 10.2 Å². The molecule has 5 heteroatoms. The number of rotatable bonds is 4. The first-order chi connectivity index (χ1) is 8.76. The fraction of sp³-hybridized carbons (Fsp3) is 0.231. The fourth-order valence-electron chi connectivity index (χ4n) is 1.73. The van der Waals surface area contributed by atoms with Crippen LogP contribution in [0.5, 0.6) is 0 Å². The first kappa shape index (κ1) is 12.3. The zero-order valence-electron chi connectivity index (χ0n) is 10.4. The third-order valence-electron chi connectivity index (χ3n) is 2.59. The number of nitrogens with one attached hydrogen (secondary N) is 1. The van der Waals surface area contributed by atoms with Crippen molar-refractivity contribution < 1.29 is 4.39 Å². The topological polar surface area (TPSA) is 41.1 Å². The molecule has 0 aliphatic rings. The van der Waals surface area contributed by atoms with Crippen molar-refractivity contribution in [3.05, 3.63) is 42.3 Å². The number of para-hydroxylation sites is 1. The summed E-state index contributed by atoms with van der Waals surface area (Å²) >= 11 is 0. The lowest BCUT2D eigenvalue weighted by atomic mass is 10.3. The van der Waals surface area contributed by atoms with Crippen molar-refractivity contribution >= 4 is 17.5 Å². The maximum absolute atomic E-state index is 13.8. The molecule has 0 spiro atoms. The Hall–Kier alpha value is -2.17. The summed E-state index contributed by atoms with van der Waals surface area (Å²) in [5, 5.41) is 2.81. The number of nitrogens with zero attached hydrogens (tertiary/aromatic N) is 3. The van der Waals surface area contributed by atoms with Gasteiger partial charge in [-0.2, -0.15) is 4.98 Å². The van der Waals surface area contributed by atoms with Crippen molar-refractivity contribution in [1.82, 2.24) is 9.97 Å². The lowest BCUT2D eigenvalue weighted by molar-refractivity contribution is 0.612. The van der Waals surface area contributed by atoms with Gasteiger partial charge >= 0.3 is 0 Å². The van der Waals surface area contributed by atoms with Gasteiger partial charge in [-0.25, -0.2) is 9.37 Å². The van der Waals surface area contributed by atoms with E-state index in [4.69, 9.17) is 0 Å². The number of aromatic nitrogens is 2. The van der Waals surface area contributed by atoms with Crippen LogP contribution in [0, 0.1) is 5.82 Å². The molecule has 0 aliphatic heterocycles. The van der Waals surface area contributed by atoms with Crippen LogP contribution in [0.25, 0.3) is 0 Å². The van der Waals surface area contributed by atoms with E-state index in [1.807, 2.05) is 37.3 Å². The summed E-state index contributed by atoms with van der Waals surface area (Å²) in [5.74, 6) is 0.253. The maximum atomic E-state index is 13.8. The number of anilines is 3. The van der Waals surface area contributed by atoms with Crippen LogP contribution in [0.4, 0.5) is 21.8 Å². The van der Waals surface area contributed by atoms with Crippen LogP contribution in [0.2, 0.25) is 0 Å². The Balaban J connectivity index is 2.44. The van der Waals surface area contributed by atoms with Gasteiger partial charge in [-0.1, -0.05) is 18.2 Å². The van der Waals surface area contributed by atoms with E-state index in [2.05, 4.69) is 15.3 Å². The molecule has 0 bridgehead atoms. The van der Waals surface area contributed by atoms with Crippen LogP contribution in [0.15, 0.2) is 36.5 Å². The molecule has 0 saturated carbocycles. The highest BCUT2D eigenvalue weighted by atomic mass is 19.1. The van der Waals surface area contributed by atoms with Crippen molar-refractivity contribution in [3.8, 4) is 0 Å². The Morgan fingerprint density at radius 3 is 2.61 bits per heavy atom. The largest absolute Gasteiger partial charge is 0.357 e. The molecule has 0 saturated heterocycles. The third-order valence-corrected chi connectivity index (χ3v) is 2.59. The Kier molecular flexibility index (Phi) is 3.72. The van der Waals surface area contributed by atoms with Crippen molar-refractivity contribution in [2.75, 3.05) is 23.8 Å². The minimum Gasteiger partial charge on any atom is -0.357 e. The van der Waals surface area contributed by atoms with Gasteiger partial charge in [0.25, 0.3) is 0 Å². The van der Waals surface area contributed by atoms with Crippen LogP contribution in [0.3, 0.4) is 0 Å². The van der Waals surface area contributed by atoms with Crippen molar-refractivity contribution in [2.24, 2.45) is 0 Å². The highest BCUT2D eigenvalue weighted by Crippen LogP contribution is 2.25. The molecular weight excluding hydrogens is 231 g/mol. The molecule has 4 nitrogen and oxygen atoms in total. The predicted molar refractivity (Wildman–Crippen MR) is 70.7 cm³/mol. The standard InChI is InChI=1S/C13H15FN4/c1-3-18(10-7-5-4-6-8-10)12-11(14)9-16-13(15-2)17-12/h4-9H,3H2,1-2H3,(H,15,16,17). The van der Waals surface area contributed by atoms with E-state index in [-0.39, 0.29) is 5.82 Å². The first-order valence-electron chi connectivity index (χ1n) is 5.79. The molecule has 0 aliphatic carbocycles. The first-order valence-corrected chi connectivity index (χ1v) is 5.79. The average Bonchev–Trinajstić information content (AvgIpc) is 2.43. The number of benzene rings is 1. The molecule has 0 amide bonds. The van der Waals surface area contributed by atoms with Gasteiger partial charge in [-0.3, -0.25) is 0 Å². The van der Waals surface area contributed by atoms with Gasteiger partial charge in [-0.05, 0) is 19.1 Å². The molecule has 94 valence electrons. The zero-order valence-corrected chi connectivity index (χ0v) is 10.4. The highest BCUT2D eigenvalue weighted by molar-refractivity contribution is 5.60. The van der Waals surface area contributed by atoms with Crippen LogP contribution < -0.4 is 10.2 Å². The van der Waals surface area contributed by atoms with Gasteiger partial charge in [0.05, 0.1) is 6.20 Å². The van der Waals surface area contributed by atoms with Crippen LogP contribution in [-0.4, -0.2) is 23.6 Å². The molecule has 1 aromatic carbocycles. The van der Waals surface area contributed by atoms with E-state index in [0.717, 1.165) is 5.69 Å². The van der Waals surface area contributed by atoms with E-state index in [1.165, 1.54) is 6.20 Å². The van der Waals surface area contributed by atoms with E-state index in [0.29, 0.717) is 12.5 Å². The Labute approximate surface area is 105 Å². The van der Waals surface area contributed by atoms with Crippen molar-refractivity contribution in [1.29, 1.82) is 0 Å². The Bertz CT molecular complexity index is 516. The minimum absolute atomic E-state index is 0.281. The highest BCUT2D eigenvalue weighted by Gasteiger charge is 2.14. The number of hydrogen-bond donors (Lipinski definition) is 1. The molecule has 0 unspecified atom stereocenters. The van der Waals surface area contributed by atoms with Crippen LogP contribution in [-0.2, 0) is 0 Å². The lowest BCUT2D eigenvalue weighted by Crippen LogP contribution is -2.19. The average molecular weight is 246 g/mol. The molecular formula is C13H15FN4. The van der Waals surface area contributed by atoms with E-state index in [1.54, 1.807) is 11.9 Å². The molecule has 18 heavy (non-hydrogen) atoms. The van der Waals surface area contributed by atoms with Crippen molar-refractivity contribution in [2.45, 2.75) is 6.92 Å². The predicted octanol–water partition coefficient (Wildman–Crippen LogP) is 2.82. The second-order valence-electron chi connectivity index (χ2n) is 3.69. The summed E-state index contributed by atoms with van der Waals surface area (Å²) in [6, 6.07) is 9.59. The minimum atomic E-state index is -0.431. The summed E-state index contributed by atoms with van der Waals surface area (Å²) in [4.78, 5) is 9.81. The molecule has 0 radical (unpaired) electrons. The molecule has 1 heterocycles. The Morgan fingerprint density at radius 1 is 1.28 bits per heavy atom. The molecule has 0 atom stereocenters. The van der Waals surface area contributed by atoms with E-state index < -0.39 is 5.82 Å². The van der Waals surface area contributed by atoms with Crippen molar-refractivity contribution in [3.63, 3.8) is 0 Å². The SMILES string of the molecule is CCN(c1ccccc1)c1nc(NC)ncc1F. The molecule has 0 fully saturated rings. The van der Waals surface area contributed by atoms with Gasteiger partial charge in [-0.15, -0.1) is 0 Å². The lowest BCUT2D eigenvalue weighted by Gasteiger charge is -2.22. The van der Waals surface area contributed by atoms with Crippen LogP contribution in [0.1, 0.15) is 6.92 Å². The summed E-state index contributed by atoms with van der Waals surface area (Å²) < 4.78 is 13.8. The second-order valence-corrected chi connectivity index (χ2v) is 3.69. The van der Waals surface area contributed by atoms with Crippen LogP contribution >= 0.6 is 0 Å². The smallest absolute Gasteiger partial charge is 0.224 e. The zero-order chi connectivity index (χ0) is 13.0. The van der Waals surface area contributed by atoms with Gasteiger partial charge in [0, 0.05) is 19.3 Å². The van der Waals surface area contributed by atoms with Gasteiger partial charge in [0.15, 0.2) is 11.6 Å².